The highest BCUT2D eigenvalue weighted by molar-refractivity contribution is 8.21. The molecule has 0 saturated carbocycles. The summed E-state index contributed by atoms with van der Waals surface area (Å²) in [7, 11) is 0. The first-order valence-corrected chi connectivity index (χ1v) is 7.13. The van der Waals surface area contributed by atoms with Crippen molar-refractivity contribution in [2.75, 3.05) is 11.5 Å². The Labute approximate surface area is 88.4 Å². The summed E-state index contributed by atoms with van der Waals surface area (Å²) in [4.78, 5) is 0. The van der Waals surface area contributed by atoms with Gasteiger partial charge in [-0.3, -0.25) is 0 Å². The molecular weight excluding hydrogens is 200 g/mol. The van der Waals surface area contributed by atoms with Crippen molar-refractivity contribution >= 4 is 23.5 Å². The maximum atomic E-state index is 6.09. The van der Waals surface area contributed by atoms with Crippen LogP contribution in [-0.4, -0.2) is 27.8 Å². The molecule has 0 aromatic carbocycles. The van der Waals surface area contributed by atoms with Crippen LogP contribution < -0.4 is 0 Å². The Bertz CT molecular complexity index is 223. The van der Waals surface area contributed by atoms with E-state index in [1.54, 1.807) is 0 Å². The molecule has 0 aliphatic carbocycles. The van der Waals surface area contributed by atoms with E-state index in [0.29, 0.717) is 16.3 Å². The highest BCUT2D eigenvalue weighted by Gasteiger charge is 2.60. The molecule has 0 amide bonds. The molecule has 4 unspecified atom stereocenters. The molecule has 13 heavy (non-hydrogen) atoms. The lowest BCUT2D eigenvalue weighted by Gasteiger charge is -2.35. The fourth-order valence-electron chi connectivity index (χ4n) is 2.94. The molecule has 3 fully saturated rings. The van der Waals surface area contributed by atoms with Gasteiger partial charge in [-0.2, -0.15) is 0 Å². The molecule has 4 atom stereocenters. The van der Waals surface area contributed by atoms with Gasteiger partial charge < -0.3 is 4.74 Å². The SMILES string of the molecule is CC1C2CC3(SCCS3)C(O2)C1C. The molecule has 2 bridgehead atoms. The number of fused-ring (bicyclic) bond motifs is 3. The van der Waals surface area contributed by atoms with Crippen molar-refractivity contribution in [2.24, 2.45) is 11.8 Å². The Hall–Kier alpha value is 0.660. The standard InChI is InChI=1S/C10H16OS2/c1-6-7(2)9-10(5-8(6)11-9)12-3-4-13-10/h6-9H,3-5H2,1-2H3. The van der Waals surface area contributed by atoms with Crippen LogP contribution >= 0.6 is 23.5 Å². The molecule has 3 rings (SSSR count). The van der Waals surface area contributed by atoms with Crippen molar-refractivity contribution < 1.29 is 4.74 Å². The first-order chi connectivity index (χ1) is 6.23. The lowest BCUT2D eigenvalue weighted by Crippen LogP contribution is -2.39. The zero-order valence-corrected chi connectivity index (χ0v) is 9.79. The number of ether oxygens (including phenoxy) is 1. The quantitative estimate of drug-likeness (QED) is 0.616. The van der Waals surface area contributed by atoms with Crippen molar-refractivity contribution in [3.8, 4) is 0 Å². The molecule has 3 saturated heterocycles. The Balaban J connectivity index is 1.89. The number of rotatable bonds is 0. The topological polar surface area (TPSA) is 9.23 Å². The van der Waals surface area contributed by atoms with Crippen LogP contribution in [0.15, 0.2) is 0 Å². The van der Waals surface area contributed by atoms with Crippen molar-refractivity contribution in [2.45, 2.75) is 36.6 Å². The second-order valence-corrected chi connectivity index (χ2v) is 7.64. The smallest absolute Gasteiger partial charge is 0.0899 e. The summed E-state index contributed by atoms with van der Waals surface area (Å²) in [5.41, 5.74) is 0. The lowest BCUT2D eigenvalue weighted by atomic mass is 9.81. The molecule has 0 aromatic rings. The second-order valence-electron chi connectivity index (χ2n) is 4.53. The fourth-order valence-corrected chi connectivity index (χ4v) is 6.56. The van der Waals surface area contributed by atoms with Crippen LogP contribution in [0.3, 0.4) is 0 Å². The van der Waals surface area contributed by atoms with Gasteiger partial charge in [0.2, 0.25) is 0 Å². The van der Waals surface area contributed by atoms with Crippen molar-refractivity contribution in [3.05, 3.63) is 0 Å². The molecule has 3 aliphatic heterocycles. The van der Waals surface area contributed by atoms with E-state index in [0.717, 1.165) is 11.8 Å². The molecule has 3 aliphatic rings. The average molecular weight is 216 g/mol. The maximum absolute atomic E-state index is 6.09. The van der Waals surface area contributed by atoms with E-state index in [-0.39, 0.29) is 0 Å². The molecule has 0 radical (unpaired) electrons. The van der Waals surface area contributed by atoms with E-state index in [1.165, 1.54) is 17.9 Å². The summed E-state index contributed by atoms with van der Waals surface area (Å²) in [5.74, 6) is 4.23. The van der Waals surface area contributed by atoms with Crippen LogP contribution in [0.2, 0.25) is 0 Å². The van der Waals surface area contributed by atoms with Gasteiger partial charge in [-0.05, 0) is 11.8 Å². The normalized spacial score (nSPS) is 52.2. The Morgan fingerprint density at radius 2 is 1.85 bits per heavy atom. The van der Waals surface area contributed by atoms with E-state index in [4.69, 9.17) is 4.74 Å². The summed E-state index contributed by atoms with van der Waals surface area (Å²) in [6.07, 6.45) is 2.42. The van der Waals surface area contributed by atoms with Crippen LogP contribution in [-0.2, 0) is 4.74 Å². The van der Waals surface area contributed by atoms with Crippen LogP contribution in [0.4, 0.5) is 0 Å². The van der Waals surface area contributed by atoms with Gasteiger partial charge in [0.1, 0.15) is 0 Å². The van der Waals surface area contributed by atoms with Crippen LogP contribution in [0.1, 0.15) is 20.3 Å². The summed E-state index contributed by atoms with van der Waals surface area (Å²) < 4.78 is 6.56. The first-order valence-electron chi connectivity index (χ1n) is 5.16. The van der Waals surface area contributed by atoms with E-state index < -0.39 is 0 Å². The third kappa shape index (κ3) is 1.07. The largest absolute Gasteiger partial charge is 0.372 e. The highest BCUT2D eigenvalue weighted by atomic mass is 32.2. The van der Waals surface area contributed by atoms with Gasteiger partial charge in [-0.15, -0.1) is 23.5 Å². The third-order valence-electron chi connectivity index (χ3n) is 3.91. The minimum absolute atomic E-state index is 0.469. The lowest BCUT2D eigenvalue weighted by molar-refractivity contribution is 0.0890. The zero-order chi connectivity index (χ0) is 9.05. The molecule has 0 N–H and O–H groups in total. The van der Waals surface area contributed by atoms with Gasteiger partial charge in [-0.25, -0.2) is 0 Å². The zero-order valence-electron chi connectivity index (χ0n) is 8.16. The molecule has 3 heteroatoms. The Morgan fingerprint density at radius 1 is 1.15 bits per heavy atom. The molecule has 1 nitrogen and oxygen atoms in total. The van der Waals surface area contributed by atoms with E-state index in [1.807, 2.05) is 0 Å². The third-order valence-corrected chi connectivity index (χ3v) is 7.47. The minimum Gasteiger partial charge on any atom is -0.372 e. The van der Waals surface area contributed by atoms with Crippen LogP contribution in [0.25, 0.3) is 0 Å². The summed E-state index contributed by atoms with van der Waals surface area (Å²) in [6.45, 7) is 4.72. The van der Waals surface area contributed by atoms with Gasteiger partial charge in [0.05, 0.1) is 16.3 Å². The van der Waals surface area contributed by atoms with Crippen LogP contribution in [0, 0.1) is 11.8 Å². The molecule has 1 spiro atoms. The maximum Gasteiger partial charge on any atom is 0.0899 e. The second kappa shape index (κ2) is 2.83. The molecule has 74 valence electrons. The van der Waals surface area contributed by atoms with Gasteiger partial charge >= 0.3 is 0 Å². The van der Waals surface area contributed by atoms with Crippen molar-refractivity contribution in [1.82, 2.24) is 0 Å². The van der Waals surface area contributed by atoms with E-state index in [9.17, 15) is 0 Å². The number of thioether (sulfide) groups is 2. The monoisotopic (exact) mass is 216 g/mol. The van der Waals surface area contributed by atoms with E-state index >= 15 is 0 Å². The van der Waals surface area contributed by atoms with Crippen molar-refractivity contribution in [3.63, 3.8) is 0 Å². The van der Waals surface area contributed by atoms with E-state index in [2.05, 4.69) is 37.4 Å². The fraction of sp³-hybridized carbons (Fsp3) is 1.00. The van der Waals surface area contributed by atoms with Gasteiger partial charge in [0, 0.05) is 17.9 Å². The highest BCUT2D eigenvalue weighted by Crippen LogP contribution is 2.61. The predicted molar refractivity (Wildman–Crippen MR) is 59.3 cm³/mol. The summed E-state index contributed by atoms with van der Waals surface area (Å²) >= 11 is 4.32. The Morgan fingerprint density at radius 3 is 2.38 bits per heavy atom. The molecule has 3 heterocycles. The van der Waals surface area contributed by atoms with Crippen molar-refractivity contribution in [1.29, 1.82) is 0 Å². The first kappa shape index (κ1) is 8.93. The minimum atomic E-state index is 0.469. The van der Waals surface area contributed by atoms with Gasteiger partial charge in [0.25, 0.3) is 0 Å². The number of hydrogen-bond donors (Lipinski definition) is 0. The van der Waals surface area contributed by atoms with Gasteiger partial charge in [0.15, 0.2) is 0 Å². The van der Waals surface area contributed by atoms with Crippen LogP contribution in [0.5, 0.6) is 0 Å². The number of hydrogen-bond acceptors (Lipinski definition) is 3. The Kier molecular flexibility index (Phi) is 1.94. The molecular formula is C10H16OS2. The average Bonchev–Trinajstić information content (AvgIpc) is 2.76. The molecule has 0 aromatic heterocycles. The van der Waals surface area contributed by atoms with Gasteiger partial charge in [-0.1, -0.05) is 13.8 Å². The summed E-state index contributed by atoms with van der Waals surface area (Å²) in [5, 5.41) is 0. The predicted octanol–water partition coefficient (Wildman–Crippen LogP) is 2.61. The summed E-state index contributed by atoms with van der Waals surface area (Å²) in [6, 6.07) is 0.